The van der Waals surface area contributed by atoms with Gasteiger partial charge in [0.2, 0.25) is 5.88 Å². The van der Waals surface area contributed by atoms with Gasteiger partial charge in [0, 0.05) is 7.05 Å². The van der Waals surface area contributed by atoms with Crippen molar-refractivity contribution in [2.24, 2.45) is 17.9 Å². The predicted octanol–water partition coefficient (Wildman–Crippen LogP) is 1.75. The Labute approximate surface area is 108 Å². The van der Waals surface area contributed by atoms with Crippen molar-refractivity contribution in [3.63, 3.8) is 0 Å². The summed E-state index contributed by atoms with van der Waals surface area (Å²) in [6, 6.07) is 5.52. The predicted molar refractivity (Wildman–Crippen MR) is 66.9 cm³/mol. The van der Waals surface area contributed by atoms with E-state index in [0.717, 1.165) is 0 Å². The standard InChI is InChI=1S/C12H13FN4O2/c1-7-10(11(14)16-18)12(17(2)15-7)19-9-5-3-8(13)4-6-9/h3-6,18H,1-2H3,(H2,14,16). The molecule has 6 nitrogen and oxygen atoms in total. The fourth-order valence-corrected chi connectivity index (χ4v) is 1.71. The molecule has 2 rings (SSSR count). The van der Waals surface area contributed by atoms with E-state index in [1.54, 1.807) is 14.0 Å². The molecule has 0 aliphatic rings. The fourth-order valence-electron chi connectivity index (χ4n) is 1.71. The van der Waals surface area contributed by atoms with Gasteiger partial charge in [0.15, 0.2) is 5.84 Å². The van der Waals surface area contributed by atoms with Crippen LogP contribution >= 0.6 is 0 Å². The van der Waals surface area contributed by atoms with E-state index >= 15 is 0 Å². The molecule has 0 saturated carbocycles. The van der Waals surface area contributed by atoms with Crippen LogP contribution in [0.4, 0.5) is 4.39 Å². The lowest BCUT2D eigenvalue weighted by Gasteiger charge is -2.07. The van der Waals surface area contributed by atoms with Gasteiger partial charge >= 0.3 is 0 Å². The van der Waals surface area contributed by atoms with Crippen molar-refractivity contribution in [3.8, 4) is 11.6 Å². The monoisotopic (exact) mass is 264 g/mol. The lowest BCUT2D eigenvalue weighted by Crippen LogP contribution is -2.14. The second-order valence-corrected chi connectivity index (χ2v) is 3.93. The topological polar surface area (TPSA) is 85.7 Å². The minimum Gasteiger partial charge on any atom is -0.439 e. The highest BCUT2D eigenvalue weighted by atomic mass is 19.1. The van der Waals surface area contributed by atoms with E-state index in [0.29, 0.717) is 22.9 Å². The number of hydrogen-bond acceptors (Lipinski definition) is 4. The third kappa shape index (κ3) is 2.49. The van der Waals surface area contributed by atoms with Crippen LogP contribution in [0.5, 0.6) is 11.6 Å². The van der Waals surface area contributed by atoms with Gasteiger partial charge in [-0.3, -0.25) is 0 Å². The maximum absolute atomic E-state index is 12.8. The lowest BCUT2D eigenvalue weighted by atomic mass is 10.2. The third-order valence-corrected chi connectivity index (χ3v) is 2.56. The van der Waals surface area contributed by atoms with Gasteiger partial charge in [-0.15, -0.1) is 0 Å². The Kier molecular flexibility index (Phi) is 3.37. The molecule has 0 radical (unpaired) electrons. The first-order valence-electron chi connectivity index (χ1n) is 5.48. The zero-order chi connectivity index (χ0) is 14.0. The van der Waals surface area contributed by atoms with Gasteiger partial charge in [-0.05, 0) is 31.2 Å². The van der Waals surface area contributed by atoms with Crippen LogP contribution in [0.3, 0.4) is 0 Å². The molecule has 0 aliphatic heterocycles. The van der Waals surface area contributed by atoms with Gasteiger partial charge in [-0.1, -0.05) is 5.16 Å². The first-order chi connectivity index (χ1) is 9.02. The van der Waals surface area contributed by atoms with Gasteiger partial charge in [-0.25, -0.2) is 9.07 Å². The Morgan fingerprint density at radius 1 is 1.42 bits per heavy atom. The summed E-state index contributed by atoms with van der Waals surface area (Å²) in [5.41, 5.74) is 6.56. The molecule has 0 saturated heterocycles. The second-order valence-electron chi connectivity index (χ2n) is 3.93. The number of ether oxygens (including phenoxy) is 1. The van der Waals surface area contributed by atoms with Crippen molar-refractivity contribution in [2.75, 3.05) is 0 Å². The molecule has 3 N–H and O–H groups in total. The second kappa shape index (κ2) is 4.97. The molecule has 19 heavy (non-hydrogen) atoms. The summed E-state index contributed by atoms with van der Waals surface area (Å²) in [4.78, 5) is 0. The number of hydrogen-bond donors (Lipinski definition) is 2. The molecule has 0 atom stereocenters. The normalized spacial score (nSPS) is 11.6. The van der Waals surface area contributed by atoms with E-state index in [4.69, 9.17) is 15.7 Å². The number of benzene rings is 1. The summed E-state index contributed by atoms with van der Waals surface area (Å²) in [6.07, 6.45) is 0. The summed E-state index contributed by atoms with van der Waals surface area (Å²) >= 11 is 0. The van der Waals surface area contributed by atoms with E-state index in [-0.39, 0.29) is 11.7 Å². The van der Waals surface area contributed by atoms with Crippen molar-refractivity contribution < 1.29 is 14.3 Å². The summed E-state index contributed by atoms with van der Waals surface area (Å²) < 4.78 is 19.9. The van der Waals surface area contributed by atoms with Gasteiger partial charge < -0.3 is 15.7 Å². The zero-order valence-corrected chi connectivity index (χ0v) is 10.5. The molecule has 0 aliphatic carbocycles. The van der Waals surface area contributed by atoms with Crippen LogP contribution in [-0.2, 0) is 7.05 Å². The van der Waals surface area contributed by atoms with E-state index in [9.17, 15) is 4.39 Å². The van der Waals surface area contributed by atoms with Crippen molar-refractivity contribution in [2.45, 2.75) is 6.92 Å². The number of aryl methyl sites for hydroxylation is 2. The molecule has 100 valence electrons. The Morgan fingerprint density at radius 2 is 2.05 bits per heavy atom. The maximum atomic E-state index is 12.8. The van der Waals surface area contributed by atoms with E-state index in [1.807, 2.05) is 0 Å². The van der Waals surface area contributed by atoms with E-state index in [1.165, 1.54) is 28.9 Å². The third-order valence-electron chi connectivity index (χ3n) is 2.56. The zero-order valence-electron chi connectivity index (χ0n) is 10.5. The van der Waals surface area contributed by atoms with Crippen LogP contribution in [0.2, 0.25) is 0 Å². The van der Waals surface area contributed by atoms with Gasteiger partial charge in [-0.2, -0.15) is 5.10 Å². The number of amidine groups is 1. The highest BCUT2D eigenvalue weighted by molar-refractivity contribution is 6.00. The van der Waals surface area contributed by atoms with Crippen LogP contribution in [0.15, 0.2) is 29.4 Å². The van der Waals surface area contributed by atoms with Crippen molar-refractivity contribution in [1.29, 1.82) is 0 Å². The fraction of sp³-hybridized carbons (Fsp3) is 0.167. The average molecular weight is 264 g/mol. The Morgan fingerprint density at radius 3 is 2.63 bits per heavy atom. The molecule has 0 spiro atoms. The highest BCUT2D eigenvalue weighted by Crippen LogP contribution is 2.27. The number of nitrogens with two attached hydrogens (primary N) is 1. The Balaban J connectivity index is 2.42. The summed E-state index contributed by atoms with van der Waals surface area (Å²) in [6.45, 7) is 1.71. The molecule has 1 aromatic carbocycles. The summed E-state index contributed by atoms with van der Waals surface area (Å²) in [5, 5.41) is 15.9. The minimum atomic E-state index is -0.356. The SMILES string of the molecule is Cc1nn(C)c(Oc2ccc(F)cc2)c1C(N)=NO. The Hall–Kier alpha value is -2.57. The molecular formula is C12H13FN4O2. The molecule has 1 aromatic heterocycles. The van der Waals surface area contributed by atoms with Crippen LogP contribution < -0.4 is 10.5 Å². The maximum Gasteiger partial charge on any atom is 0.229 e. The number of rotatable bonds is 3. The molecule has 0 bridgehead atoms. The number of nitrogens with zero attached hydrogens (tertiary/aromatic N) is 3. The van der Waals surface area contributed by atoms with Crippen LogP contribution in [0.1, 0.15) is 11.3 Å². The molecule has 2 aromatic rings. The molecule has 7 heteroatoms. The lowest BCUT2D eigenvalue weighted by molar-refractivity contribution is 0.318. The number of aromatic nitrogens is 2. The minimum absolute atomic E-state index is 0.0947. The largest absolute Gasteiger partial charge is 0.439 e. The molecule has 0 amide bonds. The van der Waals surface area contributed by atoms with E-state index in [2.05, 4.69) is 10.3 Å². The summed E-state index contributed by atoms with van der Waals surface area (Å²) in [7, 11) is 1.67. The van der Waals surface area contributed by atoms with Crippen LogP contribution in [0.25, 0.3) is 0 Å². The molecule has 1 heterocycles. The van der Waals surface area contributed by atoms with Crippen LogP contribution in [0, 0.1) is 12.7 Å². The smallest absolute Gasteiger partial charge is 0.229 e. The molecular weight excluding hydrogens is 251 g/mol. The van der Waals surface area contributed by atoms with Gasteiger partial charge in [0.05, 0.1) is 5.69 Å². The average Bonchev–Trinajstić information content (AvgIpc) is 2.66. The van der Waals surface area contributed by atoms with Gasteiger partial charge in [0.1, 0.15) is 17.1 Å². The van der Waals surface area contributed by atoms with Crippen LogP contribution in [-0.4, -0.2) is 20.8 Å². The molecule has 0 fully saturated rings. The van der Waals surface area contributed by atoms with Crippen molar-refractivity contribution in [3.05, 3.63) is 41.3 Å². The van der Waals surface area contributed by atoms with Crippen molar-refractivity contribution >= 4 is 5.84 Å². The first kappa shape index (κ1) is 12.9. The van der Waals surface area contributed by atoms with Gasteiger partial charge in [0.25, 0.3) is 0 Å². The highest BCUT2D eigenvalue weighted by Gasteiger charge is 2.19. The van der Waals surface area contributed by atoms with Crippen molar-refractivity contribution in [1.82, 2.24) is 9.78 Å². The number of oxime groups is 1. The summed E-state index contributed by atoms with van der Waals surface area (Å²) in [5.74, 6) is 0.295. The Bertz CT molecular complexity index is 619. The first-order valence-corrected chi connectivity index (χ1v) is 5.48. The number of halogens is 1. The molecule has 0 unspecified atom stereocenters. The van der Waals surface area contributed by atoms with E-state index < -0.39 is 0 Å². The quantitative estimate of drug-likeness (QED) is 0.383.